The second-order valence-corrected chi connectivity index (χ2v) is 10.1. The molecule has 0 aliphatic heterocycles. The van der Waals surface area contributed by atoms with Crippen molar-refractivity contribution >= 4 is 10.9 Å². The van der Waals surface area contributed by atoms with Gasteiger partial charge in [-0.05, 0) is 78.9 Å². The molecule has 0 fully saturated rings. The molecule has 8 heteroatoms. The Morgan fingerprint density at radius 1 is 1.05 bits per heavy atom. The molecule has 0 aliphatic carbocycles. The number of aromatic amines is 1. The Labute approximate surface area is 215 Å². The van der Waals surface area contributed by atoms with Crippen LogP contribution in [0.15, 0.2) is 82.2 Å². The lowest BCUT2D eigenvalue weighted by Gasteiger charge is -2.33. The minimum absolute atomic E-state index is 0.164. The van der Waals surface area contributed by atoms with Crippen molar-refractivity contribution in [3.05, 3.63) is 112 Å². The number of tetrazole rings is 1. The third-order valence-corrected chi connectivity index (χ3v) is 7.03. The van der Waals surface area contributed by atoms with E-state index in [-0.39, 0.29) is 11.1 Å². The highest BCUT2D eigenvalue weighted by Crippen LogP contribution is 2.33. The molecule has 37 heavy (non-hydrogen) atoms. The number of pyridine rings is 1. The quantitative estimate of drug-likeness (QED) is 0.296. The molecule has 3 aromatic heterocycles. The number of rotatable bonds is 9. The zero-order chi connectivity index (χ0) is 26.0. The Morgan fingerprint density at radius 3 is 2.59 bits per heavy atom. The summed E-state index contributed by atoms with van der Waals surface area (Å²) in [5.41, 5.74) is 3.11. The van der Waals surface area contributed by atoms with E-state index >= 15 is 0 Å². The molecule has 190 valence electrons. The molecule has 5 rings (SSSR count). The molecule has 1 atom stereocenters. The molecule has 0 bridgehead atoms. The molecule has 0 saturated carbocycles. The number of furan rings is 1. The van der Waals surface area contributed by atoms with Gasteiger partial charge in [-0.2, -0.15) is 0 Å². The number of fused-ring (bicyclic) bond motifs is 1. The molecule has 0 aliphatic rings. The number of hydrogen-bond acceptors (Lipinski definition) is 6. The zero-order valence-corrected chi connectivity index (χ0v) is 21.7. The van der Waals surface area contributed by atoms with Gasteiger partial charge in [0.15, 0.2) is 5.82 Å². The molecule has 0 amide bonds. The number of benzene rings is 2. The molecule has 3 heterocycles. The van der Waals surface area contributed by atoms with E-state index in [1.807, 2.05) is 60.1 Å². The van der Waals surface area contributed by atoms with Crippen LogP contribution in [-0.2, 0) is 18.6 Å². The summed E-state index contributed by atoms with van der Waals surface area (Å²) in [5, 5.41) is 13.9. The van der Waals surface area contributed by atoms with Crippen molar-refractivity contribution in [3.8, 4) is 0 Å². The number of H-pyrrole nitrogens is 1. The summed E-state index contributed by atoms with van der Waals surface area (Å²) in [6, 6.07) is 21.5. The van der Waals surface area contributed by atoms with Crippen LogP contribution in [0.3, 0.4) is 0 Å². The second-order valence-electron chi connectivity index (χ2n) is 10.1. The number of aryl methyl sites for hydroxylation is 1. The summed E-state index contributed by atoms with van der Waals surface area (Å²) < 4.78 is 7.61. The Bertz CT molecular complexity index is 1540. The van der Waals surface area contributed by atoms with Crippen LogP contribution in [-0.4, -0.2) is 30.1 Å². The number of aromatic nitrogens is 5. The lowest BCUT2D eigenvalue weighted by molar-refractivity contribution is 0.168. The van der Waals surface area contributed by atoms with Gasteiger partial charge in [0.1, 0.15) is 11.8 Å². The molecule has 0 radical (unpaired) electrons. The third-order valence-electron chi connectivity index (χ3n) is 7.03. The van der Waals surface area contributed by atoms with Crippen LogP contribution in [0.4, 0.5) is 0 Å². The number of nitrogens with one attached hydrogen (secondary N) is 1. The molecule has 1 unspecified atom stereocenters. The predicted molar refractivity (Wildman–Crippen MR) is 143 cm³/mol. The van der Waals surface area contributed by atoms with E-state index in [1.54, 1.807) is 6.26 Å². The molecular weight excluding hydrogens is 464 g/mol. The van der Waals surface area contributed by atoms with Crippen LogP contribution < -0.4 is 5.56 Å². The van der Waals surface area contributed by atoms with Crippen molar-refractivity contribution in [2.75, 3.05) is 0 Å². The van der Waals surface area contributed by atoms with Crippen molar-refractivity contribution in [2.24, 2.45) is 0 Å². The third kappa shape index (κ3) is 5.11. The summed E-state index contributed by atoms with van der Waals surface area (Å²) in [6.45, 7) is 9.40. The minimum Gasteiger partial charge on any atom is -0.468 e. The SMILES string of the molecule is CCC(C)(C)n1nnnc1C(c1cc2cc(C)ccc2[nH]c1=O)N(Cc1ccccc1)Cc1ccco1. The fraction of sp³-hybridized carbons (Fsp3) is 0.310. The van der Waals surface area contributed by atoms with Crippen molar-refractivity contribution in [3.63, 3.8) is 0 Å². The highest BCUT2D eigenvalue weighted by atomic mass is 16.3. The summed E-state index contributed by atoms with van der Waals surface area (Å²) >= 11 is 0. The summed E-state index contributed by atoms with van der Waals surface area (Å²) in [5.74, 6) is 1.41. The van der Waals surface area contributed by atoms with Crippen LogP contribution in [0.25, 0.3) is 10.9 Å². The van der Waals surface area contributed by atoms with Gasteiger partial charge in [-0.3, -0.25) is 9.69 Å². The fourth-order valence-electron chi connectivity index (χ4n) is 4.65. The highest BCUT2D eigenvalue weighted by Gasteiger charge is 2.34. The number of hydrogen-bond donors (Lipinski definition) is 1. The highest BCUT2D eigenvalue weighted by molar-refractivity contribution is 5.79. The molecule has 5 aromatic rings. The second kappa shape index (κ2) is 10.1. The normalized spacial score (nSPS) is 12.9. The average Bonchev–Trinajstić information content (AvgIpc) is 3.58. The largest absolute Gasteiger partial charge is 0.468 e. The summed E-state index contributed by atoms with van der Waals surface area (Å²) in [7, 11) is 0. The van der Waals surface area contributed by atoms with E-state index in [9.17, 15) is 4.79 Å². The molecular formula is C29H32N6O2. The van der Waals surface area contributed by atoms with E-state index < -0.39 is 6.04 Å². The Morgan fingerprint density at radius 2 is 1.86 bits per heavy atom. The standard InChI is InChI=1S/C29H32N6O2/c1-5-29(3,4)35-27(31-32-33-35)26(24-17-22-16-20(2)13-14-25(22)30-28(24)36)34(19-23-12-9-15-37-23)18-21-10-7-6-8-11-21/h6-17,26H,5,18-19H2,1-4H3,(H,30,36). The summed E-state index contributed by atoms with van der Waals surface area (Å²) in [4.78, 5) is 19.0. The molecule has 2 aromatic carbocycles. The van der Waals surface area contributed by atoms with Crippen LogP contribution in [0, 0.1) is 6.92 Å². The lowest BCUT2D eigenvalue weighted by Crippen LogP contribution is -2.38. The number of nitrogens with zero attached hydrogens (tertiary/aromatic N) is 5. The molecule has 0 spiro atoms. The molecule has 8 nitrogen and oxygen atoms in total. The van der Waals surface area contributed by atoms with Gasteiger partial charge in [-0.15, -0.1) is 5.10 Å². The van der Waals surface area contributed by atoms with Gasteiger partial charge in [0, 0.05) is 17.6 Å². The Hall–Kier alpha value is -4.04. The maximum absolute atomic E-state index is 13.7. The Kier molecular flexibility index (Phi) is 6.76. The van der Waals surface area contributed by atoms with Crippen LogP contribution in [0.5, 0.6) is 0 Å². The van der Waals surface area contributed by atoms with Crippen LogP contribution >= 0.6 is 0 Å². The Balaban J connectivity index is 1.73. The first-order valence-electron chi connectivity index (χ1n) is 12.6. The monoisotopic (exact) mass is 496 g/mol. The van der Waals surface area contributed by atoms with Gasteiger partial charge in [-0.25, -0.2) is 4.68 Å². The van der Waals surface area contributed by atoms with E-state index in [0.29, 0.717) is 24.5 Å². The van der Waals surface area contributed by atoms with Crippen LogP contribution in [0.1, 0.15) is 61.5 Å². The topological polar surface area (TPSA) is 92.8 Å². The van der Waals surface area contributed by atoms with Gasteiger partial charge >= 0.3 is 0 Å². The van der Waals surface area contributed by atoms with Gasteiger partial charge in [-0.1, -0.05) is 48.9 Å². The maximum Gasteiger partial charge on any atom is 0.253 e. The zero-order valence-electron chi connectivity index (χ0n) is 21.7. The summed E-state index contributed by atoms with van der Waals surface area (Å²) in [6.07, 6.45) is 2.49. The van der Waals surface area contributed by atoms with Gasteiger partial charge < -0.3 is 9.40 Å². The van der Waals surface area contributed by atoms with E-state index in [0.717, 1.165) is 34.2 Å². The smallest absolute Gasteiger partial charge is 0.253 e. The first kappa shape index (κ1) is 24.6. The van der Waals surface area contributed by atoms with Crippen molar-refractivity contribution < 1.29 is 4.42 Å². The van der Waals surface area contributed by atoms with Gasteiger partial charge in [0.05, 0.1) is 18.3 Å². The van der Waals surface area contributed by atoms with Crippen molar-refractivity contribution in [1.82, 2.24) is 30.1 Å². The fourth-order valence-corrected chi connectivity index (χ4v) is 4.65. The maximum atomic E-state index is 13.7. The first-order chi connectivity index (χ1) is 17.9. The average molecular weight is 497 g/mol. The minimum atomic E-state index is -0.528. The van der Waals surface area contributed by atoms with E-state index in [2.05, 4.69) is 64.4 Å². The van der Waals surface area contributed by atoms with Crippen molar-refractivity contribution in [2.45, 2.75) is 58.8 Å². The predicted octanol–water partition coefficient (Wildman–Crippen LogP) is 5.35. The first-order valence-corrected chi connectivity index (χ1v) is 12.6. The molecule has 0 saturated heterocycles. The van der Waals surface area contributed by atoms with Crippen molar-refractivity contribution in [1.29, 1.82) is 0 Å². The van der Waals surface area contributed by atoms with E-state index in [4.69, 9.17) is 4.42 Å². The van der Waals surface area contributed by atoms with Crippen LogP contribution in [0.2, 0.25) is 0 Å². The van der Waals surface area contributed by atoms with Gasteiger partial charge in [0.25, 0.3) is 5.56 Å². The lowest BCUT2D eigenvalue weighted by atomic mass is 9.98. The van der Waals surface area contributed by atoms with E-state index in [1.165, 1.54) is 0 Å². The molecule has 1 N–H and O–H groups in total. The van der Waals surface area contributed by atoms with Gasteiger partial charge in [0.2, 0.25) is 0 Å².